The zero-order valence-electron chi connectivity index (χ0n) is 47.9. The second-order valence-electron chi connectivity index (χ2n) is 17.7. The summed E-state index contributed by atoms with van der Waals surface area (Å²) in [5.41, 5.74) is 9.82. The van der Waals surface area contributed by atoms with E-state index in [2.05, 4.69) is 38.1 Å². The average Bonchev–Trinajstić information content (AvgIpc) is 4.11. The lowest BCUT2D eigenvalue weighted by Crippen LogP contribution is -2.11. The summed E-state index contributed by atoms with van der Waals surface area (Å²) < 4.78 is 105. The first kappa shape index (κ1) is 31.0. The molecule has 0 atom stereocenters. The molecular formula is C66H44N2O2. The minimum Gasteiger partial charge on any atom is -0.453 e. The molecule has 0 N–H and O–H groups in total. The highest BCUT2D eigenvalue weighted by Crippen LogP contribution is 2.51. The van der Waals surface area contributed by atoms with E-state index in [0.29, 0.717) is 55.9 Å². The molecular weight excluding hydrogens is 853 g/mol. The number of hydrogen-bond donors (Lipinski definition) is 0. The summed E-state index contributed by atoms with van der Waals surface area (Å²) in [6.45, 7) is 4.10. The monoisotopic (exact) mass is 906 g/mol. The molecule has 0 spiro atoms. The Bertz CT molecular complexity index is 4600. The van der Waals surface area contributed by atoms with Crippen LogP contribution in [-0.4, -0.2) is 0 Å². The number of nitrogens with zero attached hydrogens (tertiary/aromatic N) is 2. The van der Waals surface area contributed by atoms with Gasteiger partial charge in [-0.15, -0.1) is 0 Å². The predicted molar refractivity (Wildman–Crippen MR) is 294 cm³/mol. The van der Waals surface area contributed by atoms with Crippen LogP contribution >= 0.6 is 0 Å². The maximum absolute atomic E-state index is 9.51. The second kappa shape index (κ2) is 15.7. The minimum atomic E-state index is -0.523. The van der Waals surface area contributed by atoms with E-state index in [0.717, 1.165) is 76.5 Å². The van der Waals surface area contributed by atoms with Gasteiger partial charge in [-0.3, -0.25) is 0 Å². The Morgan fingerprint density at radius 1 is 0.314 bits per heavy atom. The van der Waals surface area contributed by atoms with Gasteiger partial charge < -0.3 is 18.6 Å². The van der Waals surface area contributed by atoms with Crippen LogP contribution in [0.4, 0.5) is 34.1 Å². The maximum atomic E-state index is 9.51. The van der Waals surface area contributed by atoms with Crippen molar-refractivity contribution in [1.82, 2.24) is 0 Å². The van der Waals surface area contributed by atoms with E-state index in [9.17, 15) is 5.48 Å². The first-order chi connectivity index (χ1) is 38.7. The molecule has 0 bridgehead atoms. The number of aryl methyl sites for hydroxylation is 2. The van der Waals surface area contributed by atoms with Gasteiger partial charge in [-0.25, -0.2) is 0 Å². The van der Waals surface area contributed by atoms with E-state index in [1.54, 1.807) is 9.80 Å². The molecule has 330 valence electrons. The van der Waals surface area contributed by atoms with E-state index >= 15 is 0 Å². The van der Waals surface area contributed by atoms with E-state index in [1.807, 2.05) is 146 Å². The molecule has 0 amide bonds. The first-order valence-electron chi connectivity index (χ1n) is 28.2. The maximum Gasteiger partial charge on any atom is 0.159 e. The average molecular weight is 907 g/mol. The van der Waals surface area contributed by atoms with Gasteiger partial charge in [-0.05, 0) is 106 Å². The van der Waals surface area contributed by atoms with Gasteiger partial charge in [-0.2, -0.15) is 0 Å². The first-order valence-corrected chi connectivity index (χ1v) is 23.2. The van der Waals surface area contributed by atoms with Gasteiger partial charge in [0.15, 0.2) is 11.2 Å². The summed E-state index contributed by atoms with van der Waals surface area (Å²) in [6, 6.07) is 50.6. The van der Waals surface area contributed by atoms with Crippen molar-refractivity contribution < 1.29 is 22.5 Å². The van der Waals surface area contributed by atoms with Crippen molar-refractivity contribution in [1.29, 1.82) is 0 Å². The summed E-state index contributed by atoms with van der Waals surface area (Å²) in [5.74, 6) is 0. The van der Waals surface area contributed by atoms with Gasteiger partial charge in [-0.1, -0.05) is 182 Å². The van der Waals surface area contributed by atoms with Crippen molar-refractivity contribution in [2.75, 3.05) is 9.80 Å². The lowest BCUT2D eigenvalue weighted by atomic mass is 9.91. The Morgan fingerprint density at radius 2 is 0.686 bits per heavy atom. The summed E-state index contributed by atoms with van der Waals surface area (Å²) in [5, 5.41) is 7.82. The molecule has 4 heteroatoms. The Kier molecular flexibility index (Phi) is 6.97. The molecule has 0 radical (unpaired) electrons. The van der Waals surface area contributed by atoms with E-state index in [4.69, 9.17) is 17.1 Å². The number of furan rings is 2. The van der Waals surface area contributed by atoms with Crippen LogP contribution in [0, 0.1) is 13.8 Å². The topological polar surface area (TPSA) is 32.8 Å². The summed E-state index contributed by atoms with van der Waals surface area (Å²) in [7, 11) is 0. The van der Waals surface area contributed by atoms with Gasteiger partial charge >= 0.3 is 0 Å². The van der Waals surface area contributed by atoms with Gasteiger partial charge in [0.25, 0.3) is 0 Å². The molecule has 0 aliphatic rings. The van der Waals surface area contributed by atoms with Crippen molar-refractivity contribution in [3.05, 3.63) is 241 Å². The van der Waals surface area contributed by atoms with Crippen molar-refractivity contribution >= 4 is 110 Å². The molecule has 2 aromatic heterocycles. The fourth-order valence-electron chi connectivity index (χ4n) is 10.7. The van der Waals surface area contributed by atoms with Crippen LogP contribution in [0.25, 0.3) is 98.4 Å². The lowest BCUT2D eigenvalue weighted by molar-refractivity contribution is 0.670. The van der Waals surface area contributed by atoms with Gasteiger partial charge in [0.1, 0.15) is 11.2 Å². The number of hydrogen-bond acceptors (Lipinski definition) is 4. The Labute approximate surface area is 418 Å². The normalized spacial score (nSPS) is 13.9. The number of fused-ring (bicyclic) bond motifs is 6. The Balaban J connectivity index is 1.06. The molecule has 2 heterocycles. The predicted octanol–water partition coefficient (Wildman–Crippen LogP) is 19.3. The van der Waals surface area contributed by atoms with Crippen LogP contribution in [0.2, 0.25) is 0 Å². The highest BCUT2D eigenvalue weighted by atomic mass is 16.3. The molecule has 70 heavy (non-hydrogen) atoms. The summed E-state index contributed by atoms with van der Waals surface area (Å²) in [6.07, 6.45) is 0. The molecule has 0 saturated heterocycles. The SMILES string of the molecule is [2H]c1c([2H])c([2H])c(N(c2ccc3ccc4c(N(c5c([2H])c([2H])c([2H])c([2H])c5[2H])c5cccc6c5oc5c(-c7ccccc7C)cccc56)ccc5ccc2c3c54)c2cccc3c2oc2c(-c4ccccc4C)cccc23)c([2H])c1[2H]. The Hall–Kier alpha value is -9.12. The number of rotatable bonds is 8. The molecule has 12 aromatic carbocycles. The molecule has 0 unspecified atom stereocenters. The highest BCUT2D eigenvalue weighted by Gasteiger charge is 2.26. The van der Waals surface area contributed by atoms with Gasteiger partial charge in [0.05, 0.1) is 36.5 Å². The fourth-order valence-corrected chi connectivity index (χ4v) is 10.7. The summed E-state index contributed by atoms with van der Waals surface area (Å²) in [4.78, 5) is 3.44. The number of anilines is 6. The highest BCUT2D eigenvalue weighted by molar-refractivity contribution is 6.29. The molecule has 0 saturated carbocycles. The van der Waals surface area contributed by atoms with E-state index < -0.39 is 60.4 Å². The van der Waals surface area contributed by atoms with Crippen LogP contribution < -0.4 is 9.80 Å². The zero-order valence-corrected chi connectivity index (χ0v) is 37.9. The molecule has 4 nitrogen and oxygen atoms in total. The van der Waals surface area contributed by atoms with Crippen molar-refractivity contribution in [3.63, 3.8) is 0 Å². The van der Waals surface area contributed by atoms with Gasteiger partial charge in [0, 0.05) is 54.8 Å². The van der Waals surface area contributed by atoms with Gasteiger partial charge in [0.2, 0.25) is 0 Å². The third kappa shape index (κ3) is 6.03. The van der Waals surface area contributed by atoms with Crippen LogP contribution in [0.3, 0.4) is 0 Å². The van der Waals surface area contributed by atoms with Crippen molar-refractivity contribution in [2.24, 2.45) is 0 Å². The number of benzene rings is 12. The molecule has 14 rings (SSSR count). The van der Waals surface area contributed by atoms with Crippen LogP contribution in [0.5, 0.6) is 0 Å². The quantitative estimate of drug-likeness (QED) is 0.142. The van der Waals surface area contributed by atoms with Crippen molar-refractivity contribution in [2.45, 2.75) is 13.8 Å². The molecule has 14 aromatic rings. The number of para-hydroxylation sites is 6. The third-order valence-corrected chi connectivity index (χ3v) is 13.9. The molecule has 0 aliphatic heterocycles. The third-order valence-electron chi connectivity index (χ3n) is 13.9. The zero-order chi connectivity index (χ0) is 55.2. The van der Waals surface area contributed by atoms with Crippen LogP contribution in [0.1, 0.15) is 24.8 Å². The van der Waals surface area contributed by atoms with E-state index in [-0.39, 0.29) is 11.4 Å². The van der Waals surface area contributed by atoms with E-state index in [1.165, 1.54) is 0 Å². The standard InChI is InChI=1S/C66H44N2O2/c1-41-17-9-11-23-47(41)49-25-13-27-51-53-29-15-31-59(65(53)69-63(49)51)67(45-19-5-3-6-20-45)57-39-35-43-34-38-56-58(40-36-44-33-37-55(57)61(43)62(44)56)68(46-21-7-4-8-22-46)60-32-16-30-54-52-28-14-26-50(64(52)70-66(54)60)48-24-12-10-18-42(48)2/h3-40H,1-2H3/i3D,4D,5D,6D,7D,8D,19D,20D,21D,22D. The smallest absolute Gasteiger partial charge is 0.159 e. The lowest BCUT2D eigenvalue weighted by Gasteiger charge is -2.29. The fraction of sp³-hybridized carbons (Fsp3) is 0.0303. The van der Waals surface area contributed by atoms with Crippen molar-refractivity contribution in [3.8, 4) is 22.3 Å². The Morgan fingerprint density at radius 3 is 1.11 bits per heavy atom. The summed E-state index contributed by atoms with van der Waals surface area (Å²) >= 11 is 0. The minimum absolute atomic E-state index is 0.0734. The van der Waals surface area contributed by atoms with Crippen LogP contribution in [0.15, 0.2) is 239 Å². The molecule has 0 fully saturated rings. The van der Waals surface area contributed by atoms with Crippen LogP contribution in [-0.2, 0) is 0 Å². The largest absolute Gasteiger partial charge is 0.453 e. The second-order valence-corrected chi connectivity index (χ2v) is 17.7. The molecule has 0 aliphatic carbocycles.